The molecule has 0 fully saturated rings. The summed E-state index contributed by atoms with van der Waals surface area (Å²) in [4.78, 5) is 2.42. The van der Waals surface area contributed by atoms with E-state index in [2.05, 4.69) is 6.07 Å². The van der Waals surface area contributed by atoms with Crippen LogP contribution in [0.5, 0.6) is 0 Å². The van der Waals surface area contributed by atoms with E-state index in [-0.39, 0.29) is 6.17 Å². The van der Waals surface area contributed by atoms with Gasteiger partial charge in [-0.1, -0.05) is 0 Å². The Morgan fingerprint density at radius 2 is 1.46 bits per heavy atom. The van der Waals surface area contributed by atoms with Gasteiger partial charge in [0.2, 0.25) is 0 Å². The Hall–Kier alpha value is -0.160. The molecule has 0 aliphatic heterocycles. The maximum atomic E-state index is 5.62. The average molecular weight is 214 g/mol. The molecule has 0 spiro atoms. The van der Waals surface area contributed by atoms with Crippen molar-refractivity contribution in [1.29, 1.82) is 0 Å². The first-order valence-electron chi connectivity index (χ1n) is 3.91. The van der Waals surface area contributed by atoms with Crippen molar-refractivity contribution in [2.24, 2.45) is 11.5 Å². The molecule has 0 saturated heterocycles. The lowest BCUT2D eigenvalue weighted by Gasteiger charge is -2.09. The first kappa shape index (κ1) is 10.9. The number of nitrogens with two attached hydrogens (primary N) is 2. The fraction of sp³-hybridized carbons (Fsp3) is 0.333. The van der Waals surface area contributed by atoms with Gasteiger partial charge < -0.3 is 11.5 Å². The quantitative estimate of drug-likeness (QED) is 0.597. The van der Waals surface area contributed by atoms with Crippen LogP contribution in [-0.4, -0.2) is 12.5 Å². The van der Waals surface area contributed by atoms with E-state index in [9.17, 15) is 0 Å². The van der Waals surface area contributed by atoms with Gasteiger partial charge in [0.25, 0.3) is 0 Å². The minimum Gasteiger partial charge on any atom is -0.312 e. The first-order valence-corrected chi connectivity index (χ1v) is 6.36. The Bertz CT molecular complexity index is 265. The molecule has 0 heterocycles. The minimum atomic E-state index is -0.377. The SMILES string of the molecule is CSc1cc(SC)cc(C(N)N)c1. The summed E-state index contributed by atoms with van der Waals surface area (Å²) < 4.78 is 0. The summed E-state index contributed by atoms with van der Waals surface area (Å²) in [5.74, 6) is 0. The summed E-state index contributed by atoms with van der Waals surface area (Å²) in [6.45, 7) is 0. The van der Waals surface area contributed by atoms with Crippen molar-refractivity contribution >= 4 is 23.5 Å². The van der Waals surface area contributed by atoms with E-state index in [0.29, 0.717) is 0 Å². The van der Waals surface area contributed by atoms with Crippen LogP contribution in [0.2, 0.25) is 0 Å². The van der Waals surface area contributed by atoms with Gasteiger partial charge in [0.15, 0.2) is 0 Å². The largest absolute Gasteiger partial charge is 0.312 e. The van der Waals surface area contributed by atoms with Crippen LogP contribution < -0.4 is 11.5 Å². The average Bonchev–Trinajstić information content (AvgIpc) is 2.16. The topological polar surface area (TPSA) is 52.0 Å². The molecule has 0 unspecified atom stereocenters. The van der Waals surface area contributed by atoms with E-state index >= 15 is 0 Å². The number of hydrogen-bond acceptors (Lipinski definition) is 4. The van der Waals surface area contributed by atoms with Crippen molar-refractivity contribution in [3.63, 3.8) is 0 Å². The molecule has 1 aromatic rings. The van der Waals surface area contributed by atoms with Gasteiger partial charge in [-0.15, -0.1) is 23.5 Å². The fourth-order valence-electron chi connectivity index (χ4n) is 1.02. The van der Waals surface area contributed by atoms with Crippen molar-refractivity contribution in [3.8, 4) is 0 Å². The predicted octanol–water partition coefficient (Wildman–Crippen LogP) is 2.05. The van der Waals surface area contributed by atoms with Crippen LogP contribution in [0.15, 0.2) is 28.0 Å². The maximum Gasteiger partial charge on any atom is 0.0785 e. The molecule has 0 saturated carbocycles. The molecule has 0 radical (unpaired) electrons. The van der Waals surface area contributed by atoms with Crippen LogP contribution in [0.4, 0.5) is 0 Å². The normalized spacial score (nSPS) is 10.8. The molecule has 2 nitrogen and oxygen atoms in total. The third-order valence-corrected chi connectivity index (χ3v) is 3.17. The summed E-state index contributed by atoms with van der Waals surface area (Å²) in [5, 5.41) is 0. The minimum absolute atomic E-state index is 0.377. The highest BCUT2D eigenvalue weighted by Gasteiger charge is 2.03. The molecule has 1 rings (SSSR count). The van der Waals surface area contributed by atoms with Crippen LogP contribution in [-0.2, 0) is 0 Å². The summed E-state index contributed by atoms with van der Waals surface area (Å²) in [5.41, 5.74) is 12.2. The van der Waals surface area contributed by atoms with E-state index in [0.717, 1.165) is 5.56 Å². The van der Waals surface area contributed by atoms with Crippen LogP contribution in [0.3, 0.4) is 0 Å². The standard InChI is InChI=1S/C9H14N2S2/c1-12-7-3-6(9(10)11)4-8(5-7)13-2/h3-5,9H,10-11H2,1-2H3. The third-order valence-electron chi connectivity index (χ3n) is 1.76. The zero-order valence-electron chi connectivity index (χ0n) is 7.78. The summed E-state index contributed by atoms with van der Waals surface area (Å²) in [6.07, 6.45) is 3.72. The van der Waals surface area contributed by atoms with E-state index in [1.807, 2.05) is 24.6 Å². The molecule has 1 aromatic carbocycles. The second kappa shape index (κ2) is 4.91. The van der Waals surface area contributed by atoms with Gasteiger partial charge >= 0.3 is 0 Å². The maximum absolute atomic E-state index is 5.62. The number of rotatable bonds is 3. The lowest BCUT2D eigenvalue weighted by Crippen LogP contribution is -2.20. The second-order valence-corrected chi connectivity index (χ2v) is 4.43. The highest BCUT2D eigenvalue weighted by atomic mass is 32.2. The van der Waals surface area contributed by atoms with Gasteiger partial charge in [-0.3, -0.25) is 0 Å². The molecule has 13 heavy (non-hydrogen) atoms. The monoisotopic (exact) mass is 214 g/mol. The summed E-state index contributed by atoms with van der Waals surface area (Å²) in [6, 6.07) is 6.21. The zero-order valence-corrected chi connectivity index (χ0v) is 9.41. The molecular formula is C9H14N2S2. The highest BCUT2D eigenvalue weighted by molar-refractivity contribution is 7.99. The van der Waals surface area contributed by atoms with Gasteiger partial charge in [-0.25, -0.2) is 0 Å². The Morgan fingerprint density at radius 1 is 1.00 bits per heavy atom. The van der Waals surface area contributed by atoms with Crippen LogP contribution in [0.25, 0.3) is 0 Å². The van der Waals surface area contributed by atoms with E-state index in [1.165, 1.54) is 9.79 Å². The second-order valence-electron chi connectivity index (χ2n) is 2.67. The Kier molecular flexibility index (Phi) is 4.12. The third kappa shape index (κ3) is 2.91. The van der Waals surface area contributed by atoms with Gasteiger partial charge in [0.05, 0.1) is 6.17 Å². The van der Waals surface area contributed by atoms with Crippen molar-refractivity contribution in [2.45, 2.75) is 16.0 Å². The molecular weight excluding hydrogens is 200 g/mol. The number of hydrogen-bond donors (Lipinski definition) is 2. The lowest BCUT2D eigenvalue weighted by molar-refractivity contribution is 0.767. The Labute approximate surface area is 87.5 Å². The molecule has 0 aliphatic rings. The number of benzene rings is 1. The zero-order chi connectivity index (χ0) is 9.84. The summed E-state index contributed by atoms with van der Waals surface area (Å²) in [7, 11) is 0. The molecule has 0 aliphatic carbocycles. The highest BCUT2D eigenvalue weighted by Crippen LogP contribution is 2.25. The molecule has 4 N–H and O–H groups in total. The predicted molar refractivity (Wildman–Crippen MR) is 61.1 cm³/mol. The Balaban J connectivity index is 3.07. The van der Waals surface area contributed by atoms with Crippen LogP contribution in [0.1, 0.15) is 11.7 Å². The van der Waals surface area contributed by atoms with Crippen LogP contribution in [0, 0.1) is 0 Å². The van der Waals surface area contributed by atoms with Crippen molar-refractivity contribution in [2.75, 3.05) is 12.5 Å². The lowest BCUT2D eigenvalue weighted by atomic mass is 10.2. The first-order chi connectivity index (χ1) is 6.17. The van der Waals surface area contributed by atoms with Gasteiger partial charge in [0, 0.05) is 9.79 Å². The van der Waals surface area contributed by atoms with Crippen molar-refractivity contribution in [3.05, 3.63) is 23.8 Å². The smallest absolute Gasteiger partial charge is 0.0785 e. The molecule has 4 heteroatoms. The molecule has 72 valence electrons. The fourth-order valence-corrected chi connectivity index (χ4v) is 2.09. The van der Waals surface area contributed by atoms with E-state index in [1.54, 1.807) is 23.5 Å². The van der Waals surface area contributed by atoms with Gasteiger partial charge in [-0.2, -0.15) is 0 Å². The van der Waals surface area contributed by atoms with Crippen LogP contribution >= 0.6 is 23.5 Å². The Morgan fingerprint density at radius 3 is 1.77 bits per heavy atom. The molecule has 0 amide bonds. The van der Waals surface area contributed by atoms with Gasteiger partial charge in [-0.05, 0) is 36.3 Å². The number of thioether (sulfide) groups is 2. The summed E-state index contributed by atoms with van der Waals surface area (Å²) >= 11 is 3.41. The molecule has 0 atom stereocenters. The van der Waals surface area contributed by atoms with E-state index in [4.69, 9.17) is 11.5 Å². The van der Waals surface area contributed by atoms with Crippen molar-refractivity contribution in [1.82, 2.24) is 0 Å². The molecule has 0 bridgehead atoms. The molecule has 0 aromatic heterocycles. The van der Waals surface area contributed by atoms with Crippen molar-refractivity contribution < 1.29 is 0 Å². The van der Waals surface area contributed by atoms with E-state index < -0.39 is 0 Å². The van der Waals surface area contributed by atoms with Gasteiger partial charge in [0.1, 0.15) is 0 Å².